The fraction of sp³-hybridized carbons (Fsp3) is 0.300. The highest BCUT2D eigenvalue weighted by molar-refractivity contribution is 6.30. The van der Waals surface area contributed by atoms with Crippen molar-refractivity contribution in [1.29, 1.82) is 0 Å². The minimum Gasteiger partial charge on any atom is -0.373 e. The smallest absolute Gasteiger partial charge is 0.221 e. The number of carbonyl (C=O) groups is 1. The highest BCUT2D eigenvalue weighted by Gasteiger charge is 2.31. The third kappa shape index (κ3) is 5.48. The predicted octanol–water partition coefficient (Wildman–Crippen LogP) is 6.69. The standard InChI is InChI=1S/C30H30ClFN2O2/c1-30(14-5-15-36-30)20-33-29(35)17-26(22-6-4-7-23(31)16-22)27-19-34(28-9-3-2-8-25(27)28)18-21-10-12-24(32)13-11-21/h2-4,6-13,16,19,26H,5,14-15,17-18,20H2,1H3,(H,33,35). The van der Waals surface area contributed by atoms with Crippen molar-refractivity contribution >= 4 is 28.4 Å². The van der Waals surface area contributed by atoms with Crippen molar-refractivity contribution in [3.8, 4) is 0 Å². The zero-order valence-electron chi connectivity index (χ0n) is 20.3. The van der Waals surface area contributed by atoms with Gasteiger partial charge in [0.2, 0.25) is 5.91 Å². The number of amides is 1. The maximum atomic E-state index is 13.5. The maximum Gasteiger partial charge on any atom is 0.221 e. The lowest BCUT2D eigenvalue weighted by atomic mass is 9.88. The van der Waals surface area contributed by atoms with Gasteiger partial charge in [-0.25, -0.2) is 4.39 Å². The Morgan fingerprint density at radius 1 is 1.14 bits per heavy atom. The SMILES string of the molecule is CC1(CNC(=O)CC(c2cccc(Cl)c2)c2cn(Cc3ccc(F)cc3)c3ccccc23)CCCO1. The first kappa shape index (κ1) is 24.5. The van der Waals surface area contributed by atoms with Crippen molar-refractivity contribution < 1.29 is 13.9 Å². The number of hydrogen-bond donors (Lipinski definition) is 1. The van der Waals surface area contributed by atoms with Crippen LogP contribution in [0.25, 0.3) is 10.9 Å². The van der Waals surface area contributed by atoms with Crippen LogP contribution in [0, 0.1) is 5.82 Å². The molecule has 0 bridgehead atoms. The molecule has 5 rings (SSSR count). The summed E-state index contributed by atoms with van der Waals surface area (Å²) in [5.74, 6) is -0.451. The lowest BCUT2D eigenvalue weighted by Gasteiger charge is -2.24. The summed E-state index contributed by atoms with van der Waals surface area (Å²) in [6.07, 6.45) is 4.38. The van der Waals surface area contributed by atoms with E-state index in [4.69, 9.17) is 16.3 Å². The van der Waals surface area contributed by atoms with Crippen LogP contribution in [0.2, 0.25) is 5.02 Å². The first-order chi connectivity index (χ1) is 17.4. The van der Waals surface area contributed by atoms with Crippen LogP contribution in [-0.2, 0) is 16.1 Å². The molecule has 0 radical (unpaired) electrons. The summed E-state index contributed by atoms with van der Waals surface area (Å²) < 4.78 is 21.5. The molecule has 1 amide bonds. The second-order valence-corrected chi connectivity index (χ2v) is 10.3. The van der Waals surface area contributed by atoms with Crippen LogP contribution in [0.1, 0.15) is 48.8 Å². The summed E-state index contributed by atoms with van der Waals surface area (Å²) in [5.41, 5.74) is 3.83. The van der Waals surface area contributed by atoms with Gasteiger partial charge < -0.3 is 14.6 Å². The van der Waals surface area contributed by atoms with Gasteiger partial charge >= 0.3 is 0 Å². The van der Waals surface area contributed by atoms with E-state index in [1.807, 2.05) is 36.4 Å². The molecule has 4 nitrogen and oxygen atoms in total. The van der Waals surface area contributed by atoms with Crippen molar-refractivity contribution in [2.24, 2.45) is 0 Å². The van der Waals surface area contributed by atoms with Gasteiger partial charge in [-0.05, 0) is 66.8 Å². The fourth-order valence-corrected chi connectivity index (χ4v) is 5.32. The van der Waals surface area contributed by atoms with E-state index in [2.05, 4.69) is 35.1 Å². The highest BCUT2D eigenvalue weighted by Crippen LogP contribution is 2.36. The Morgan fingerprint density at radius 3 is 2.69 bits per heavy atom. The molecule has 2 heterocycles. The van der Waals surface area contributed by atoms with Crippen LogP contribution in [0.15, 0.2) is 79.0 Å². The van der Waals surface area contributed by atoms with E-state index in [9.17, 15) is 9.18 Å². The number of nitrogens with one attached hydrogen (secondary N) is 1. The quantitative estimate of drug-likeness (QED) is 0.290. The monoisotopic (exact) mass is 504 g/mol. The van der Waals surface area contributed by atoms with Gasteiger partial charge in [-0.15, -0.1) is 0 Å². The van der Waals surface area contributed by atoms with Gasteiger partial charge in [0.25, 0.3) is 0 Å². The Morgan fingerprint density at radius 2 is 1.94 bits per heavy atom. The van der Waals surface area contributed by atoms with Crippen LogP contribution in [0.5, 0.6) is 0 Å². The molecule has 1 saturated heterocycles. The molecule has 6 heteroatoms. The van der Waals surface area contributed by atoms with Crippen LogP contribution < -0.4 is 5.32 Å². The zero-order valence-corrected chi connectivity index (χ0v) is 21.1. The molecule has 0 saturated carbocycles. The highest BCUT2D eigenvalue weighted by atomic mass is 35.5. The number of para-hydroxylation sites is 1. The number of ether oxygens (including phenoxy) is 1. The molecule has 1 aliphatic heterocycles. The van der Waals surface area contributed by atoms with Crippen molar-refractivity contribution in [2.45, 2.75) is 44.2 Å². The maximum absolute atomic E-state index is 13.5. The lowest BCUT2D eigenvalue weighted by molar-refractivity contribution is -0.122. The molecule has 1 fully saturated rings. The summed E-state index contributed by atoms with van der Waals surface area (Å²) in [7, 11) is 0. The third-order valence-electron chi connectivity index (χ3n) is 7.06. The molecule has 3 aromatic carbocycles. The fourth-order valence-electron chi connectivity index (χ4n) is 5.12. The Hall–Kier alpha value is -3.15. The molecular weight excluding hydrogens is 475 g/mol. The molecule has 0 aliphatic carbocycles. The first-order valence-corrected chi connectivity index (χ1v) is 12.8. The summed E-state index contributed by atoms with van der Waals surface area (Å²) in [4.78, 5) is 13.2. The van der Waals surface area contributed by atoms with Crippen molar-refractivity contribution in [3.05, 3.63) is 107 Å². The Kier molecular flexibility index (Phi) is 7.13. The number of carbonyl (C=O) groups excluding carboxylic acids is 1. The molecule has 4 aromatic rings. The summed E-state index contributed by atoms with van der Waals surface area (Å²) >= 11 is 6.37. The Bertz CT molecular complexity index is 1360. The first-order valence-electron chi connectivity index (χ1n) is 12.4. The number of rotatable bonds is 8. The number of halogens is 2. The van der Waals surface area contributed by atoms with E-state index in [1.54, 1.807) is 12.1 Å². The topological polar surface area (TPSA) is 43.3 Å². The average Bonchev–Trinajstić information content (AvgIpc) is 3.47. The molecule has 2 atom stereocenters. The zero-order chi connectivity index (χ0) is 25.1. The van der Waals surface area contributed by atoms with Crippen LogP contribution in [0.3, 0.4) is 0 Å². The Balaban J connectivity index is 1.48. The normalized spacial score (nSPS) is 18.4. The Labute approximate surface area is 216 Å². The number of aromatic nitrogens is 1. The van der Waals surface area contributed by atoms with E-state index >= 15 is 0 Å². The predicted molar refractivity (Wildman–Crippen MR) is 142 cm³/mol. The van der Waals surface area contributed by atoms with Gasteiger partial charge in [-0.2, -0.15) is 0 Å². The van der Waals surface area contributed by atoms with Crippen LogP contribution >= 0.6 is 11.6 Å². The molecule has 186 valence electrons. The van der Waals surface area contributed by atoms with E-state index in [-0.39, 0.29) is 23.2 Å². The molecule has 0 spiro atoms. The largest absolute Gasteiger partial charge is 0.373 e. The minimum atomic E-state index is -0.299. The van der Waals surface area contributed by atoms with Gasteiger partial charge in [0.05, 0.1) is 5.60 Å². The summed E-state index contributed by atoms with van der Waals surface area (Å²) in [6.45, 7) is 3.90. The average molecular weight is 505 g/mol. The van der Waals surface area contributed by atoms with Crippen molar-refractivity contribution in [3.63, 3.8) is 0 Å². The van der Waals surface area contributed by atoms with E-state index < -0.39 is 0 Å². The number of benzene rings is 3. The van der Waals surface area contributed by atoms with E-state index in [0.29, 0.717) is 24.5 Å². The second-order valence-electron chi connectivity index (χ2n) is 9.85. The van der Waals surface area contributed by atoms with Crippen LogP contribution in [0.4, 0.5) is 4.39 Å². The molecule has 1 aromatic heterocycles. The van der Waals surface area contributed by atoms with Crippen molar-refractivity contribution in [2.75, 3.05) is 13.2 Å². The van der Waals surface area contributed by atoms with Gasteiger partial charge in [-0.3, -0.25) is 4.79 Å². The molecule has 2 unspecified atom stereocenters. The molecule has 36 heavy (non-hydrogen) atoms. The van der Waals surface area contributed by atoms with E-state index in [1.165, 1.54) is 12.1 Å². The summed E-state index contributed by atoms with van der Waals surface area (Å²) in [6, 6.07) is 22.5. The van der Waals surface area contributed by atoms with Gasteiger partial charge in [0.1, 0.15) is 5.82 Å². The number of fused-ring (bicyclic) bond motifs is 1. The van der Waals surface area contributed by atoms with Crippen molar-refractivity contribution in [1.82, 2.24) is 9.88 Å². The van der Waals surface area contributed by atoms with Gasteiger partial charge in [0, 0.05) is 54.2 Å². The third-order valence-corrected chi connectivity index (χ3v) is 7.30. The molecular formula is C30H30ClFN2O2. The molecule has 1 aliphatic rings. The number of nitrogens with zero attached hydrogens (tertiary/aromatic N) is 1. The van der Waals surface area contributed by atoms with Gasteiger partial charge in [0.15, 0.2) is 0 Å². The summed E-state index contributed by atoms with van der Waals surface area (Å²) in [5, 5.41) is 4.84. The van der Waals surface area contributed by atoms with Crippen LogP contribution in [-0.4, -0.2) is 29.2 Å². The number of hydrogen-bond acceptors (Lipinski definition) is 2. The van der Waals surface area contributed by atoms with E-state index in [0.717, 1.165) is 47.0 Å². The van der Waals surface area contributed by atoms with Gasteiger partial charge in [-0.1, -0.05) is 54.1 Å². The lowest BCUT2D eigenvalue weighted by Crippen LogP contribution is -2.40. The second kappa shape index (κ2) is 10.5. The minimum absolute atomic E-state index is 0.0212. The molecule has 1 N–H and O–H groups in total.